The molecule has 0 heterocycles. The fraction of sp³-hybridized carbons (Fsp3) is 0.400. The summed E-state index contributed by atoms with van der Waals surface area (Å²) >= 11 is 2.54. The standard InChI is InChI=1S/C10H11I/c11-10-6-9(7-10)8-4-2-1-3-5-8/h1-5,9-10H,6-7H2. The van der Waals surface area contributed by atoms with Gasteiger partial charge in [0.15, 0.2) is 0 Å². The molecule has 0 atom stereocenters. The highest BCUT2D eigenvalue weighted by Crippen LogP contribution is 2.40. The molecule has 58 valence electrons. The number of halogens is 1. The number of benzene rings is 1. The molecule has 1 aromatic rings. The van der Waals surface area contributed by atoms with Gasteiger partial charge in [0.25, 0.3) is 0 Å². The van der Waals surface area contributed by atoms with Gasteiger partial charge in [0.2, 0.25) is 0 Å². The van der Waals surface area contributed by atoms with Crippen LogP contribution in [0.25, 0.3) is 0 Å². The van der Waals surface area contributed by atoms with Crippen LogP contribution in [0.3, 0.4) is 0 Å². The maximum atomic E-state index is 2.54. The molecule has 1 aromatic carbocycles. The molecule has 1 aliphatic carbocycles. The van der Waals surface area contributed by atoms with Crippen LogP contribution in [0.5, 0.6) is 0 Å². The molecule has 0 bridgehead atoms. The van der Waals surface area contributed by atoms with E-state index in [1.807, 2.05) is 0 Å². The van der Waals surface area contributed by atoms with E-state index in [1.165, 1.54) is 18.4 Å². The van der Waals surface area contributed by atoms with Crippen molar-refractivity contribution in [1.29, 1.82) is 0 Å². The molecule has 0 amide bonds. The minimum absolute atomic E-state index is 0.859. The molecule has 11 heavy (non-hydrogen) atoms. The first kappa shape index (κ1) is 7.59. The average Bonchev–Trinajstić information content (AvgIpc) is 2.01. The SMILES string of the molecule is IC1CC(c2ccccc2)C1. The highest BCUT2D eigenvalue weighted by molar-refractivity contribution is 14.1. The molecule has 0 aliphatic heterocycles. The molecule has 0 N–H and O–H groups in total. The van der Waals surface area contributed by atoms with Gasteiger partial charge >= 0.3 is 0 Å². The fourth-order valence-electron chi connectivity index (χ4n) is 1.55. The Morgan fingerprint density at radius 3 is 2.27 bits per heavy atom. The topological polar surface area (TPSA) is 0 Å². The number of rotatable bonds is 1. The summed E-state index contributed by atoms with van der Waals surface area (Å²) in [7, 11) is 0. The van der Waals surface area contributed by atoms with Crippen molar-refractivity contribution in [1.82, 2.24) is 0 Å². The maximum Gasteiger partial charge on any atom is 0.0121 e. The Morgan fingerprint density at radius 1 is 1.09 bits per heavy atom. The van der Waals surface area contributed by atoms with Gasteiger partial charge in [0.1, 0.15) is 0 Å². The normalized spacial score (nSPS) is 29.5. The van der Waals surface area contributed by atoms with Crippen LogP contribution in [0, 0.1) is 0 Å². The van der Waals surface area contributed by atoms with Crippen LogP contribution in [-0.2, 0) is 0 Å². The summed E-state index contributed by atoms with van der Waals surface area (Å²) in [5.74, 6) is 0.859. The second kappa shape index (κ2) is 3.13. The van der Waals surface area contributed by atoms with Crippen molar-refractivity contribution in [3.63, 3.8) is 0 Å². The molecule has 1 aliphatic rings. The van der Waals surface area contributed by atoms with Gasteiger partial charge in [0.05, 0.1) is 0 Å². The van der Waals surface area contributed by atoms with E-state index in [0.717, 1.165) is 9.84 Å². The van der Waals surface area contributed by atoms with E-state index in [4.69, 9.17) is 0 Å². The zero-order valence-electron chi connectivity index (χ0n) is 6.33. The first-order valence-electron chi connectivity index (χ1n) is 4.05. The van der Waals surface area contributed by atoms with Crippen molar-refractivity contribution in [2.24, 2.45) is 0 Å². The first-order valence-corrected chi connectivity index (χ1v) is 5.30. The summed E-state index contributed by atoms with van der Waals surface area (Å²) in [6.07, 6.45) is 2.76. The highest BCUT2D eigenvalue weighted by atomic mass is 127. The van der Waals surface area contributed by atoms with Crippen LogP contribution in [-0.4, -0.2) is 3.92 Å². The minimum Gasteiger partial charge on any atom is -0.0826 e. The van der Waals surface area contributed by atoms with Crippen molar-refractivity contribution in [3.05, 3.63) is 35.9 Å². The lowest BCUT2D eigenvalue weighted by molar-refractivity contribution is 0.450. The third-order valence-electron chi connectivity index (χ3n) is 2.35. The monoisotopic (exact) mass is 258 g/mol. The van der Waals surface area contributed by atoms with Gasteiger partial charge in [-0.1, -0.05) is 52.9 Å². The third kappa shape index (κ3) is 1.58. The second-order valence-corrected chi connectivity index (χ2v) is 4.94. The molecule has 2 rings (SSSR count). The highest BCUT2D eigenvalue weighted by Gasteiger charge is 2.27. The van der Waals surface area contributed by atoms with Crippen molar-refractivity contribution < 1.29 is 0 Å². The molecule has 1 heteroatoms. The van der Waals surface area contributed by atoms with Crippen molar-refractivity contribution in [2.45, 2.75) is 22.7 Å². The fourth-order valence-corrected chi connectivity index (χ4v) is 2.77. The van der Waals surface area contributed by atoms with Crippen LogP contribution in [0.2, 0.25) is 0 Å². The number of alkyl halides is 1. The Hall–Kier alpha value is -0.0500. The van der Waals surface area contributed by atoms with E-state index in [9.17, 15) is 0 Å². The summed E-state index contributed by atoms with van der Waals surface area (Å²) < 4.78 is 0.929. The molecule has 1 saturated carbocycles. The average molecular weight is 258 g/mol. The summed E-state index contributed by atoms with van der Waals surface area (Å²) in [6.45, 7) is 0. The molecular formula is C10H11I. The van der Waals surface area contributed by atoms with Crippen LogP contribution in [0.15, 0.2) is 30.3 Å². The van der Waals surface area contributed by atoms with Crippen LogP contribution in [0.4, 0.5) is 0 Å². The molecule has 0 radical (unpaired) electrons. The Morgan fingerprint density at radius 2 is 1.73 bits per heavy atom. The zero-order chi connectivity index (χ0) is 7.68. The Balaban J connectivity index is 2.08. The largest absolute Gasteiger partial charge is 0.0826 e. The summed E-state index contributed by atoms with van der Waals surface area (Å²) in [6, 6.07) is 10.8. The van der Waals surface area contributed by atoms with Crippen molar-refractivity contribution >= 4 is 22.6 Å². The zero-order valence-corrected chi connectivity index (χ0v) is 8.49. The lowest BCUT2D eigenvalue weighted by Gasteiger charge is -2.31. The van der Waals surface area contributed by atoms with Gasteiger partial charge in [-0.2, -0.15) is 0 Å². The van der Waals surface area contributed by atoms with Crippen molar-refractivity contribution in [3.8, 4) is 0 Å². The van der Waals surface area contributed by atoms with Crippen LogP contribution in [0.1, 0.15) is 24.3 Å². The van der Waals surface area contributed by atoms with Gasteiger partial charge in [-0.05, 0) is 24.3 Å². The lowest BCUT2D eigenvalue weighted by Crippen LogP contribution is -2.20. The van der Waals surface area contributed by atoms with Gasteiger partial charge < -0.3 is 0 Å². The molecule has 0 aromatic heterocycles. The smallest absolute Gasteiger partial charge is 0.0121 e. The lowest BCUT2D eigenvalue weighted by atomic mass is 9.80. The molecule has 0 unspecified atom stereocenters. The molecule has 0 spiro atoms. The van der Waals surface area contributed by atoms with E-state index in [-0.39, 0.29) is 0 Å². The molecule has 0 nitrogen and oxygen atoms in total. The Kier molecular flexibility index (Phi) is 2.16. The summed E-state index contributed by atoms with van der Waals surface area (Å²) in [5, 5.41) is 0. The number of hydrogen-bond acceptors (Lipinski definition) is 0. The molecular weight excluding hydrogens is 247 g/mol. The Bertz CT molecular complexity index is 224. The van der Waals surface area contributed by atoms with E-state index in [1.54, 1.807) is 0 Å². The molecule has 1 fully saturated rings. The number of hydrogen-bond donors (Lipinski definition) is 0. The second-order valence-electron chi connectivity index (χ2n) is 3.18. The van der Waals surface area contributed by atoms with E-state index < -0.39 is 0 Å². The van der Waals surface area contributed by atoms with E-state index in [2.05, 4.69) is 52.9 Å². The first-order chi connectivity index (χ1) is 5.36. The van der Waals surface area contributed by atoms with Gasteiger partial charge in [-0.3, -0.25) is 0 Å². The molecule has 0 saturated heterocycles. The third-order valence-corrected chi connectivity index (χ3v) is 3.37. The Labute approximate surface area is 81.1 Å². The van der Waals surface area contributed by atoms with E-state index >= 15 is 0 Å². The summed E-state index contributed by atoms with van der Waals surface area (Å²) in [5.41, 5.74) is 1.53. The quantitative estimate of drug-likeness (QED) is 0.535. The van der Waals surface area contributed by atoms with Gasteiger partial charge in [0, 0.05) is 3.92 Å². The van der Waals surface area contributed by atoms with Gasteiger partial charge in [-0.25, -0.2) is 0 Å². The maximum absolute atomic E-state index is 2.54. The van der Waals surface area contributed by atoms with Gasteiger partial charge in [-0.15, -0.1) is 0 Å². The summed E-state index contributed by atoms with van der Waals surface area (Å²) in [4.78, 5) is 0. The van der Waals surface area contributed by atoms with Crippen LogP contribution < -0.4 is 0 Å². The predicted octanol–water partition coefficient (Wildman–Crippen LogP) is 3.37. The minimum atomic E-state index is 0.859. The van der Waals surface area contributed by atoms with Crippen LogP contribution >= 0.6 is 22.6 Å². The van der Waals surface area contributed by atoms with Crippen molar-refractivity contribution in [2.75, 3.05) is 0 Å². The predicted molar refractivity (Wildman–Crippen MR) is 56.2 cm³/mol. The van der Waals surface area contributed by atoms with E-state index in [0.29, 0.717) is 0 Å².